The van der Waals surface area contributed by atoms with Crippen molar-refractivity contribution in [3.63, 3.8) is 0 Å². The molecule has 0 spiro atoms. The quantitative estimate of drug-likeness (QED) is 0.116. The zero-order valence-electron chi connectivity index (χ0n) is 32.4. The van der Waals surface area contributed by atoms with E-state index in [0.29, 0.717) is 46.0 Å². The van der Waals surface area contributed by atoms with Crippen LogP contribution in [0.2, 0.25) is 0 Å². The summed E-state index contributed by atoms with van der Waals surface area (Å²) in [5, 5.41) is 11.0. The minimum atomic E-state index is -0.243. The van der Waals surface area contributed by atoms with E-state index in [4.69, 9.17) is 9.72 Å². The molecular formula is C45H53N5O3. The molecule has 276 valence electrons. The third-order valence-corrected chi connectivity index (χ3v) is 11.0. The number of aromatic nitrogens is 3. The van der Waals surface area contributed by atoms with Crippen molar-refractivity contribution >= 4 is 39.8 Å². The first-order valence-electron chi connectivity index (χ1n) is 19.3. The fraction of sp³-hybridized carbons (Fsp3) is 0.378. The number of nitrogens with one attached hydrogen (secondary N) is 1. The lowest BCUT2D eigenvalue weighted by molar-refractivity contribution is -0.116. The zero-order chi connectivity index (χ0) is 37.7. The molecule has 0 bridgehead atoms. The zero-order valence-corrected chi connectivity index (χ0v) is 32.4. The lowest BCUT2D eigenvalue weighted by atomic mass is 9.73. The van der Waals surface area contributed by atoms with Crippen LogP contribution >= 0.6 is 0 Å². The van der Waals surface area contributed by atoms with Gasteiger partial charge in [0.25, 0.3) is 5.56 Å². The molecule has 1 aliphatic rings. The topological polar surface area (TPSA) is 88.8 Å². The number of methoxy groups -OCH3 is 1. The van der Waals surface area contributed by atoms with E-state index in [1.807, 2.05) is 37.3 Å². The Hall–Kier alpha value is -5.24. The van der Waals surface area contributed by atoms with Crippen LogP contribution in [0.5, 0.6) is 5.75 Å². The highest BCUT2D eigenvalue weighted by molar-refractivity contribution is 5.95. The van der Waals surface area contributed by atoms with Crippen LogP contribution in [0.4, 0.5) is 11.4 Å². The molecule has 0 unspecified atom stereocenters. The van der Waals surface area contributed by atoms with Crippen LogP contribution in [0.3, 0.4) is 0 Å². The monoisotopic (exact) mass is 711 g/mol. The molecule has 3 heterocycles. The number of carbonyl (C=O) groups excluding carboxylic acids is 1. The molecular weight excluding hydrogens is 659 g/mol. The Balaban J connectivity index is 1.37. The standard InChI is InChI=1S/C45H53N5O3/c1-8-12-13-14-15-24-40(51)46-33-26-28-38(53-7)36(29-33)42-30(5)44(52)50-43(47-42)34(31(6)48-50)21-18-19-23-39-45(9-2,10-3)41-35-22-17-16-20-32(35)25-27-37(41)49(39)11-4/h16-23,25-29H,8-15,24H2,1-7H3,(H,46,51)/b19-18+,34-21-,39-23+. The van der Waals surface area contributed by atoms with Gasteiger partial charge in [0.05, 0.1) is 18.5 Å². The van der Waals surface area contributed by atoms with E-state index in [1.165, 1.54) is 45.1 Å². The van der Waals surface area contributed by atoms with E-state index < -0.39 is 0 Å². The van der Waals surface area contributed by atoms with E-state index in [0.717, 1.165) is 43.9 Å². The van der Waals surface area contributed by atoms with Crippen LogP contribution < -0.4 is 25.7 Å². The second-order valence-electron chi connectivity index (χ2n) is 14.1. The number of amides is 1. The number of rotatable bonds is 14. The van der Waals surface area contributed by atoms with Gasteiger partial charge in [-0.25, -0.2) is 4.98 Å². The molecule has 8 nitrogen and oxygen atoms in total. The maximum atomic E-state index is 13.8. The maximum absolute atomic E-state index is 13.8. The fourth-order valence-corrected chi connectivity index (χ4v) is 8.13. The third kappa shape index (κ3) is 6.99. The molecule has 0 fully saturated rings. The van der Waals surface area contributed by atoms with Crippen LogP contribution in [0.1, 0.15) is 95.9 Å². The van der Waals surface area contributed by atoms with Crippen molar-refractivity contribution in [2.24, 2.45) is 0 Å². The van der Waals surface area contributed by atoms with Gasteiger partial charge >= 0.3 is 0 Å². The summed E-state index contributed by atoms with van der Waals surface area (Å²) < 4.78 is 7.11. The van der Waals surface area contributed by atoms with Gasteiger partial charge in [-0.2, -0.15) is 9.61 Å². The van der Waals surface area contributed by atoms with Gasteiger partial charge in [0.2, 0.25) is 5.91 Å². The molecule has 5 aromatic rings. The van der Waals surface area contributed by atoms with Gasteiger partial charge in [-0.05, 0) is 92.8 Å². The molecule has 6 rings (SSSR count). The first kappa shape index (κ1) is 37.5. The molecule has 1 amide bonds. The lowest BCUT2D eigenvalue weighted by Crippen LogP contribution is -2.30. The fourth-order valence-electron chi connectivity index (χ4n) is 8.13. The number of hydrogen-bond donors (Lipinski definition) is 1. The molecule has 53 heavy (non-hydrogen) atoms. The van der Waals surface area contributed by atoms with Gasteiger partial charge in [0.1, 0.15) is 5.75 Å². The van der Waals surface area contributed by atoms with Gasteiger partial charge in [-0.1, -0.05) is 88.9 Å². The SMILES string of the molecule is CCCCCCCC(=O)Nc1ccc(OC)c(-c2nc3\c(=C/C=C/C=C4/N(CC)c5ccc6ccccc6c5C4(CC)CC)c(C)nn3c(=O)c2C)c1. The second kappa shape index (κ2) is 16.2. The average Bonchev–Trinajstić information content (AvgIpc) is 3.64. The van der Waals surface area contributed by atoms with Crippen LogP contribution in [0.25, 0.3) is 33.8 Å². The Morgan fingerprint density at radius 2 is 1.68 bits per heavy atom. The van der Waals surface area contributed by atoms with Gasteiger partial charge in [-0.3, -0.25) is 9.59 Å². The van der Waals surface area contributed by atoms with Crippen LogP contribution in [0, 0.1) is 13.8 Å². The minimum Gasteiger partial charge on any atom is -0.496 e. The number of anilines is 2. The highest BCUT2D eigenvalue weighted by Gasteiger charge is 2.45. The summed E-state index contributed by atoms with van der Waals surface area (Å²) in [6, 6.07) is 18.7. The molecule has 0 radical (unpaired) electrons. The normalized spacial score (nSPS) is 15.0. The van der Waals surface area contributed by atoms with E-state index >= 15 is 0 Å². The molecule has 0 aliphatic carbocycles. The number of fused-ring (bicyclic) bond motifs is 4. The van der Waals surface area contributed by atoms with Crippen LogP contribution in [-0.2, 0) is 10.2 Å². The van der Waals surface area contributed by atoms with Gasteiger partial charge < -0.3 is 15.0 Å². The molecule has 0 saturated heterocycles. The molecule has 1 N–H and O–H groups in total. The lowest BCUT2D eigenvalue weighted by Gasteiger charge is -2.32. The van der Waals surface area contributed by atoms with Gasteiger partial charge in [-0.15, -0.1) is 0 Å². The Kier molecular flexibility index (Phi) is 11.5. The molecule has 0 saturated carbocycles. The summed E-state index contributed by atoms with van der Waals surface area (Å²) in [6.07, 6.45) is 16.2. The number of ether oxygens (including phenoxy) is 1. The van der Waals surface area contributed by atoms with Crippen molar-refractivity contribution < 1.29 is 9.53 Å². The number of carbonyl (C=O) groups is 1. The highest BCUT2D eigenvalue weighted by Crippen LogP contribution is 2.54. The number of benzene rings is 3. The molecule has 3 aromatic carbocycles. The van der Waals surface area contributed by atoms with Crippen molar-refractivity contribution in [1.29, 1.82) is 0 Å². The van der Waals surface area contributed by atoms with Crippen molar-refractivity contribution in [2.45, 2.75) is 98.3 Å². The molecule has 0 atom stereocenters. The third-order valence-electron chi connectivity index (χ3n) is 11.0. The molecule has 1 aliphatic heterocycles. The minimum absolute atomic E-state index is 0.0284. The first-order chi connectivity index (χ1) is 25.7. The Morgan fingerprint density at radius 3 is 2.42 bits per heavy atom. The highest BCUT2D eigenvalue weighted by atomic mass is 16.5. The number of allylic oxidation sites excluding steroid dienone is 4. The summed E-state index contributed by atoms with van der Waals surface area (Å²) in [6.45, 7) is 13.5. The van der Waals surface area contributed by atoms with Crippen molar-refractivity contribution in [3.8, 4) is 17.0 Å². The van der Waals surface area contributed by atoms with Gasteiger partial charge in [0.15, 0.2) is 5.65 Å². The van der Waals surface area contributed by atoms with Crippen molar-refractivity contribution in [1.82, 2.24) is 14.6 Å². The summed E-state index contributed by atoms with van der Waals surface area (Å²) in [5.41, 5.74) is 7.06. The predicted octanol–water partition coefficient (Wildman–Crippen LogP) is 9.37. The van der Waals surface area contributed by atoms with E-state index in [9.17, 15) is 9.59 Å². The Morgan fingerprint density at radius 1 is 0.925 bits per heavy atom. The average molecular weight is 712 g/mol. The van der Waals surface area contributed by atoms with Crippen molar-refractivity contribution in [2.75, 3.05) is 23.9 Å². The molecule has 8 heteroatoms. The van der Waals surface area contributed by atoms with Crippen LogP contribution in [-0.4, -0.2) is 34.2 Å². The Labute approximate surface area is 313 Å². The van der Waals surface area contributed by atoms with Gasteiger partial charge in [0, 0.05) is 51.8 Å². The van der Waals surface area contributed by atoms with E-state index in [1.54, 1.807) is 14.0 Å². The number of hydrogen-bond acceptors (Lipinski definition) is 6. The summed E-state index contributed by atoms with van der Waals surface area (Å²) in [4.78, 5) is 34.0. The number of nitrogens with zero attached hydrogens (tertiary/aromatic N) is 4. The van der Waals surface area contributed by atoms with Crippen LogP contribution in [0.15, 0.2) is 83.3 Å². The molecule has 2 aromatic heterocycles. The summed E-state index contributed by atoms with van der Waals surface area (Å²) in [7, 11) is 1.59. The second-order valence-corrected chi connectivity index (χ2v) is 14.1. The maximum Gasteiger partial charge on any atom is 0.278 e. The first-order valence-corrected chi connectivity index (χ1v) is 19.3. The number of aryl methyl sites for hydroxylation is 1. The summed E-state index contributed by atoms with van der Waals surface area (Å²) in [5.74, 6) is 0.538. The van der Waals surface area contributed by atoms with E-state index in [-0.39, 0.29) is 16.9 Å². The predicted molar refractivity (Wildman–Crippen MR) is 219 cm³/mol. The Bertz CT molecular complexity index is 2310. The van der Waals surface area contributed by atoms with Crippen molar-refractivity contribution in [3.05, 3.63) is 111 Å². The number of likely N-dealkylation sites (N-methyl/N-ethyl adjacent to an activating group) is 1. The largest absolute Gasteiger partial charge is 0.496 e. The number of unbranched alkanes of at least 4 members (excludes halogenated alkanes) is 4. The van der Waals surface area contributed by atoms with E-state index in [2.05, 4.69) is 91.6 Å². The smallest absolute Gasteiger partial charge is 0.278 e. The summed E-state index contributed by atoms with van der Waals surface area (Å²) >= 11 is 0.